The molecule has 1 aliphatic carbocycles. The lowest BCUT2D eigenvalue weighted by Crippen LogP contribution is -2.57. The maximum absolute atomic E-state index is 12.4. The number of rotatable bonds is 7. The normalized spacial score (nSPS) is 20.8. The minimum atomic E-state index is -3.78. The number of nitrogens with zero attached hydrogens (tertiary/aromatic N) is 1. The molecule has 0 bridgehead atoms. The fraction of sp³-hybridized carbons (Fsp3) is 0.923. The summed E-state index contributed by atoms with van der Waals surface area (Å²) in [6.45, 7) is 3.26. The summed E-state index contributed by atoms with van der Waals surface area (Å²) >= 11 is 0. The molecule has 1 saturated carbocycles. The predicted molar refractivity (Wildman–Crippen MR) is 77.6 cm³/mol. The lowest BCUT2D eigenvalue weighted by molar-refractivity contribution is -0.143. The Kier molecular flexibility index (Phi) is 5.97. The number of carboxylic acid groups (broad SMARTS) is 1. The fourth-order valence-electron chi connectivity index (χ4n) is 2.70. The van der Waals surface area contributed by atoms with Gasteiger partial charge < -0.3 is 5.11 Å². The van der Waals surface area contributed by atoms with Crippen LogP contribution in [0.3, 0.4) is 0 Å². The highest BCUT2D eigenvalue weighted by molar-refractivity contribution is 7.87. The first kappa shape index (κ1) is 17.4. The monoisotopic (exact) mass is 306 g/mol. The van der Waals surface area contributed by atoms with Crippen molar-refractivity contribution in [3.8, 4) is 0 Å². The number of hydrogen-bond acceptors (Lipinski definition) is 3. The van der Waals surface area contributed by atoms with Gasteiger partial charge in [0.15, 0.2) is 0 Å². The van der Waals surface area contributed by atoms with Crippen molar-refractivity contribution in [2.24, 2.45) is 0 Å². The summed E-state index contributed by atoms with van der Waals surface area (Å²) in [5.41, 5.74) is -1.45. The Hall–Kier alpha value is -0.660. The van der Waals surface area contributed by atoms with E-state index in [9.17, 15) is 18.3 Å². The van der Waals surface area contributed by atoms with E-state index in [4.69, 9.17) is 0 Å². The molecule has 0 aromatic carbocycles. The third-order valence-corrected chi connectivity index (χ3v) is 5.81. The second-order valence-corrected chi connectivity index (χ2v) is 7.53. The van der Waals surface area contributed by atoms with Gasteiger partial charge in [-0.2, -0.15) is 17.4 Å². The van der Waals surface area contributed by atoms with Crippen LogP contribution < -0.4 is 4.72 Å². The SMILES string of the molecule is CCCC(C)(NS(=O)(=O)N(C)C1CCCCC1)C(=O)O. The van der Waals surface area contributed by atoms with Crippen molar-refractivity contribution in [3.63, 3.8) is 0 Å². The molecule has 0 aromatic rings. The highest BCUT2D eigenvalue weighted by Crippen LogP contribution is 2.24. The second kappa shape index (κ2) is 6.87. The van der Waals surface area contributed by atoms with Crippen molar-refractivity contribution in [2.75, 3.05) is 7.05 Å². The zero-order valence-electron chi connectivity index (χ0n) is 12.6. The van der Waals surface area contributed by atoms with E-state index in [0.717, 1.165) is 32.1 Å². The first-order valence-electron chi connectivity index (χ1n) is 7.23. The Morgan fingerprint density at radius 2 is 1.90 bits per heavy atom. The molecule has 1 aliphatic rings. The lowest BCUT2D eigenvalue weighted by Gasteiger charge is -2.34. The van der Waals surface area contributed by atoms with E-state index in [1.165, 1.54) is 18.3 Å². The van der Waals surface area contributed by atoms with Gasteiger partial charge in [0.1, 0.15) is 5.54 Å². The largest absolute Gasteiger partial charge is 0.480 e. The van der Waals surface area contributed by atoms with E-state index in [2.05, 4.69) is 4.72 Å². The van der Waals surface area contributed by atoms with Gasteiger partial charge in [0.2, 0.25) is 0 Å². The quantitative estimate of drug-likeness (QED) is 0.750. The Balaban J connectivity index is 2.83. The van der Waals surface area contributed by atoms with Crippen LogP contribution in [0, 0.1) is 0 Å². The number of carboxylic acids is 1. The molecule has 0 radical (unpaired) electrons. The molecule has 0 spiro atoms. The molecule has 1 fully saturated rings. The minimum absolute atomic E-state index is 0.0269. The molecule has 0 aliphatic heterocycles. The van der Waals surface area contributed by atoms with E-state index in [0.29, 0.717) is 6.42 Å². The van der Waals surface area contributed by atoms with Crippen LogP contribution in [0.5, 0.6) is 0 Å². The van der Waals surface area contributed by atoms with Crippen molar-refractivity contribution >= 4 is 16.2 Å². The lowest BCUT2D eigenvalue weighted by atomic mass is 9.96. The first-order chi connectivity index (χ1) is 9.23. The number of hydrogen-bond donors (Lipinski definition) is 2. The van der Waals surface area contributed by atoms with Crippen LogP contribution in [0.25, 0.3) is 0 Å². The summed E-state index contributed by atoms with van der Waals surface area (Å²) < 4.78 is 28.4. The Morgan fingerprint density at radius 1 is 1.35 bits per heavy atom. The summed E-state index contributed by atoms with van der Waals surface area (Å²) in [4.78, 5) is 11.3. The molecule has 7 heteroatoms. The van der Waals surface area contributed by atoms with Crippen molar-refractivity contribution < 1.29 is 18.3 Å². The van der Waals surface area contributed by atoms with Gasteiger partial charge in [-0.05, 0) is 26.2 Å². The first-order valence-corrected chi connectivity index (χ1v) is 8.67. The van der Waals surface area contributed by atoms with Crippen LogP contribution in [0.15, 0.2) is 0 Å². The van der Waals surface area contributed by atoms with E-state index < -0.39 is 21.7 Å². The van der Waals surface area contributed by atoms with Crippen LogP contribution in [0.2, 0.25) is 0 Å². The van der Waals surface area contributed by atoms with Gasteiger partial charge in [-0.15, -0.1) is 0 Å². The molecule has 1 rings (SSSR count). The molecular formula is C13H26N2O4S. The Labute approximate surface area is 121 Å². The highest BCUT2D eigenvalue weighted by atomic mass is 32.2. The standard InChI is InChI=1S/C13H26N2O4S/c1-4-10-13(2,12(16)17)14-20(18,19)15(3)11-8-6-5-7-9-11/h11,14H,4-10H2,1-3H3,(H,16,17). The van der Waals surface area contributed by atoms with Crippen LogP contribution >= 0.6 is 0 Å². The maximum Gasteiger partial charge on any atom is 0.324 e. The predicted octanol–water partition coefficient (Wildman–Crippen LogP) is 1.73. The molecule has 1 unspecified atom stereocenters. The van der Waals surface area contributed by atoms with Crippen LogP contribution in [-0.4, -0.2) is 42.4 Å². The van der Waals surface area contributed by atoms with E-state index in [1.54, 1.807) is 0 Å². The molecule has 0 heterocycles. The van der Waals surface area contributed by atoms with Crippen LogP contribution in [0.4, 0.5) is 0 Å². The number of carbonyl (C=O) groups is 1. The zero-order valence-corrected chi connectivity index (χ0v) is 13.4. The van der Waals surface area contributed by atoms with Crippen LogP contribution in [-0.2, 0) is 15.0 Å². The third kappa shape index (κ3) is 4.17. The van der Waals surface area contributed by atoms with Crippen LogP contribution in [0.1, 0.15) is 58.8 Å². The fourth-order valence-corrected chi connectivity index (χ4v) is 4.21. The molecule has 118 valence electrons. The number of aliphatic carboxylic acids is 1. The van der Waals surface area contributed by atoms with Crippen molar-refractivity contribution in [2.45, 2.75) is 70.4 Å². The van der Waals surface area contributed by atoms with E-state index in [1.807, 2.05) is 6.92 Å². The molecule has 0 saturated heterocycles. The van der Waals surface area contributed by atoms with Gasteiger partial charge in [0, 0.05) is 13.1 Å². The van der Waals surface area contributed by atoms with Crippen molar-refractivity contribution in [1.82, 2.24) is 9.03 Å². The molecule has 0 aromatic heterocycles. The molecular weight excluding hydrogens is 280 g/mol. The van der Waals surface area contributed by atoms with Gasteiger partial charge in [0.25, 0.3) is 10.2 Å². The molecule has 0 amide bonds. The van der Waals surface area contributed by atoms with Gasteiger partial charge in [-0.3, -0.25) is 4.79 Å². The smallest absolute Gasteiger partial charge is 0.324 e. The molecule has 20 heavy (non-hydrogen) atoms. The summed E-state index contributed by atoms with van der Waals surface area (Å²) in [6, 6.07) is -0.0269. The summed E-state index contributed by atoms with van der Waals surface area (Å²) in [6.07, 6.45) is 5.73. The Bertz CT molecular complexity index is 432. The molecule has 6 nitrogen and oxygen atoms in total. The third-order valence-electron chi connectivity index (χ3n) is 4.04. The van der Waals surface area contributed by atoms with Gasteiger partial charge in [-0.25, -0.2) is 0 Å². The van der Waals surface area contributed by atoms with E-state index in [-0.39, 0.29) is 12.5 Å². The van der Waals surface area contributed by atoms with Gasteiger partial charge >= 0.3 is 5.97 Å². The minimum Gasteiger partial charge on any atom is -0.480 e. The highest BCUT2D eigenvalue weighted by Gasteiger charge is 2.39. The van der Waals surface area contributed by atoms with E-state index >= 15 is 0 Å². The summed E-state index contributed by atoms with van der Waals surface area (Å²) in [7, 11) is -2.25. The molecule has 1 atom stereocenters. The second-order valence-electron chi connectivity index (χ2n) is 5.80. The summed E-state index contributed by atoms with van der Waals surface area (Å²) in [5, 5.41) is 9.27. The number of nitrogens with one attached hydrogen (secondary N) is 1. The average molecular weight is 306 g/mol. The average Bonchev–Trinajstić information content (AvgIpc) is 2.38. The maximum atomic E-state index is 12.4. The zero-order chi connectivity index (χ0) is 15.4. The topological polar surface area (TPSA) is 86.7 Å². The van der Waals surface area contributed by atoms with Gasteiger partial charge in [-0.1, -0.05) is 32.6 Å². The summed E-state index contributed by atoms with van der Waals surface area (Å²) in [5.74, 6) is -1.14. The van der Waals surface area contributed by atoms with Crippen molar-refractivity contribution in [3.05, 3.63) is 0 Å². The molecule has 2 N–H and O–H groups in total. The Morgan fingerprint density at radius 3 is 2.35 bits per heavy atom. The van der Waals surface area contributed by atoms with Crippen molar-refractivity contribution in [1.29, 1.82) is 0 Å². The van der Waals surface area contributed by atoms with Gasteiger partial charge in [0.05, 0.1) is 0 Å².